The fraction of sp³-hybridized carbons (Fsp3) is 0.833. The number of nitrogens with zero attached hydrogens (tertiary/aromatic N) is 1. The Balaban J connectivity index is 4.04. The van der Waals surface area contributed by atoms with Gasteiger partial charge in [0.1, 0.15) is 0 Å². The van der Waals surface area contributed by atoms with Crippen LogP contribution in [0, 0.1) is 5.41 Å². The molecule has 0 aliphatic carbocycles. The minimum Gasteiger partial charge on any atom is -0.392 e. The molecule has 0 spiro atoms. The Labute approximate surface area is 110 Å². The van der Waals surface area contributed by atoms with Gasteiger partial charge in [-0.1, -0.05) is 26.1 Å². The summed E-state index contributed by atoms with van der Waals surface area (Å²) < 4.78 is 0. The van der Waals surface area contributed by atoms with Gasteiger partial charge < -0.3 is 16.0 Å². The predicted octanol–water partition coefficient (Wildman–Crippen LogP) is 1.15. The van der Waals surface area contributed by atoms with Crippen LogP contribution in [0.25, 0.3) is 0 Å². The maximum absolute atomic E-state index is 11.8. The van der Waals surface area contributed by atoms with Gasteiger partial charge in [-0.15, -0.1) is 0 Å². The largest absolute Gasteiger partial charge is 0.392 e. The van der Waals surface area contributed by atoms with Crippen LogP contribution in [-0.4, -0.2) is 42.0 Å². The predicted molar refractivity (Wildman–Crippen MR) is 76.0 cm³/mol. The average Bonchev–Trinajstić information content (AvgIpc) is 2.27. The molecule has 0 saturated heterocycles. The number of likely N-dealkylation sites (N-methyl/N-ethyl adjacent to an activating group) is 1. The summed E-state index contributed by atoms with van der Waals surface area (Å²) in [5.41, 5.74) is 4.77. The summed E-state index contributed by atoms with van der Waals surface area (Å²) in [6.45, 7) is 11.3. The highest BCUT2D eigenvalue weighted by molar-refractivity contribution is 7.80. The van der Waals surface area contributed by atoms with Crippen LogP contribution in [0.4, 0.5) is 0 Å². The normalized spacial score (nSPS) is 11.6. The van der Waals surface area contributed by atoms with Crippen molar-refractivity contribution in [3.05, 3.63) is 0 Å². The van der Waals surface area contributed by atoms with Gasteiger partial charge in [-0.3, -0.25) is 4.79 Å². The quantitative estimate of drug-likeness (QED) is 0.642. The van der Waals surface area contributed by atoms with Gasteiger partial charge in [-0.05, 0) is 33.4 Å². The molecule has 0 bridgehead atoms. The van der Waals surface area contributed by atoms with E-state index >= 15 is 0 Å². The zero-order valence-electron chi connectivity index (χ0n) is 11.4. The highest BCUT2D eigenvalue weighted by Gasteiger charge is 2.30. The molecule has 1 amide bonds. The third-order valence-electron chi connectivity index (χ3n) is 2.88. The van der Waals surface area contributed by atoms with E-state index < -0.39 is 5.41 Å². The molecule has 0 aromatic heterocycles. The third-order valence-corrected chi connectivity index (χ3v) is 3.39. The lowest BCUT2D eigenvalue weighted by Crippen LogP contribution is -2.46. The van der Waals surface area contributed by atoms with Crippen molar-refractivity contribution in [2.75, 3.05) is 26.2 Å². The van der Waals surface area contributed by atoms with E-state index in [0.717, 1.165) is 26.1 Å². The molecule has 0 aliphatic heterocycles. The number of hydrogen-bond acceptors (Lipinski definition) is 3. The molecule has 0 rings (SSSR count). The van der Waals surface area contributed by atoms with Crippen molar-refractivity contribution in [1.29, 1.82) is 0 Å². The smallest absolute Gasteiger partial charge is 0.232 e. The Hall–Kier alpha value is -0.680. The van der Waals surface area contributed by atoms with Crippen LogP contribution < -0.4 is 11.1 Å². The molecule has 0 atom stereocenters. The maximum atomic E-state index is 11.8. The number of carbonyl (C=O) groups is 1. The highest BCUT2D eigenvalue weighted by Crippen LogP contribution is 2.14. The van der Waals surface area contributed by atoms with E-state index in [9.17, 15) is 4.79 Å². The van der Waals surface area contributed by atoms with Gasteiger partial charge in [0.15, 0.2) is 0 Å². The van der Waals surface area contributed by atoms with Gasteiger partial charge in [0.2, 0.25) is 5.91 Å². The first kappa shape index (κ1) is 16.3. The second-order valence-electron chi connectivity index (χ2n) is 4.68. The van der Waals surface area contributed by atoms with Crippen LogP contribution in [0.3, 0.4) is 0 Å². The van der Waals surface area contributed by atoms with Gasteiger partial charge >= 0.3 is 0 Å². The van der Waals surface area contributed by atoms with E-state index in [1.54, 1.807) is 13.8 Å². The van der Waals surface area contributed by atoms with E-state index in [-0.39, 0.29) is 10.9 Å². The summed E-state index contributed by atoms with van der Waals surface area (Å²) in [5.74, 6) is -0.0995. The molecular weight excluding hydrogens is 234 g/mol. The highest BCUT2D eigenvalue weighted by atomic mass is 32.1. The van der Waals surface area contributed by atoms with Crippen LogP contribution in [0.15, 0.2) is 0 Å². The van der Waals surface area contributed by atoms with Gasteiger partial charge in [0.25, 0.3) is 0 Å². The number of thiocarbonyl (C=S) groups is 1. The fourth-order valence-corrected chi connectivity index (χ4v) is 1.50. The van der Waals surface area contributed by atoms with Crippen molar-refractivity contribution in [3.8, 4) is 0 Å². The molecule has 0 fully saturated rings. The van der Waals surface area contributed by atoms with Crippen LogP contribution in [0.1, 0.15) is 34.1 Å². The fourth-order valence-electron chi connectivity index (χ4n) is 1.40. The van der Waals surface area contributed by atoms with Crippen molar-refractivity contribution >= 4 is 23.1 Å². The van der Waals surface area contributed by atoms with Crippen molar-refractivity contribution < 1.29 is 4.79 Å². The van der Waals surface area contributed by atoms with Crippen molar-refractivity contribution in [1.82, 2.24) is 10.2 Å². The monoisotopic (exact) mass is 259 g/mol. The van der Waals surface area contributed by atoms with Gasteiger partial charge in [0.05, 0.1) is 10.4 Å². The van der Waals surface area contributed by atoms with E-state index in [1.165, 1.54) is 0 Å². The number of rotatable bonds is 8. The van der Waals surface area contributed by atoms with Crippen LogP contribution in [0.2, 0.25) is 0 Å². The van der Waals surface area contributed by atoms with Crippen molar-refractivity contribution in [3.63, 3.8) is 0 Å². The summed E-state index contributed by atoms with van der Waals surface area (Å²) in [7, 11) is 0. The number of carbonyl (C=O) groups excluding carboxylic acids is 1. The molecule has 100 valence electrons. The maximum Gasteiger partial charge on any atom is 0.232 e. The lowest BCUT2D eigenvalue weighted by Gasteiger charge is -2.24. The molecule has 3 N–H and O–H groups in total. The summed E-state index contributed by atoms with van der Waals surface area (Å²) in [6, 6.07) is 0. The summed E-state index contributed by atoms with van der Waals surface area (Å²) in [5, 5.41) is 2.88. The molecule has 4 nitrogen and oxygen atoms in total. The topological polar surface area (TPSA) is 58.4 Å². The Morgan fingerprint density at radius 3 is 2.35 bits per heavy atom. The molecule has 5 heteroatoms. The van der Waals surface area contributed by atoms with Crippen LogP contribution in [-0.2, 0) is 4.79 Å². The Morgan fingerprint density at radius 2 is 1.94 bits per heavy atom. The molecule has 0 aromatic carbocycles. The Bertz CT molecular complexity index is 266. The molecule has 0 aliphatic rings. The van der Waals surface area contributed by atoms with Crippen LogP contribution >= 0.6 is 12.2 Å². The third kappa shape index (κ3) is 5.46. The molecule has 17 heavy (non-hydrogen) atoms. The molecule has 0 aromatic rings. The van der Waals surface area contributed by atoms with Gasteiger partial charge in [-0.2, -0.15) is 0 Å². The molecule has 0 saturated carbocycles. The number of amides is 1. The number of nitrogens with one attached hydrogen (secondary N) is 1. The lowest BCUT2D eigenvalue weighted by molar-refractivity contribution is -0.126. The van der Waals surface area contributed by atoms with Crippen LogP contribution in [0.5, 0.6) is 0 Å². The van der Waals surface area contributed by atoms with Crippen molar-refractivity contribution in [2.45, 2.75) is 34.1 Å². The molecular formula is C12H25N3OS. The number of nitrogens with two attached hydrogens (primary N) is 1. The molecule has 0 radical (unpaired) electrons. The first-order valence-corrected chi connectivity index (χ1v) is 6.57. The first-order valence-electron chi connectivity index (χ1n) is 6.16. The summed E-state index contributed by atoms with van der Waals surface area (Å²) >= 11 is 4.88. The second-order valence-corrected chi connectivity index (χ2v) is 5.12. The lowest BCUT2D eigenvalue weighted by atomic mass is 9.92. The second kappa shape index (κ2) is 7.61. The Morgan fingerprint density at radius 1 is 1.35 bits per heavy atom. The standard InChI is InChI=1S/C12H25N3OS/c1-5-8-15(6-2)9-7-14-11(16)12(3,4)10(13)17/h5-9H2,1-4H3,(H2,13,17)(H,14,16). The van der Waals surface area contributed by atoms with Gasteiger partial charge in [0, 0.05) is 13.1 Å². The van der Waals surface area contributed by atoms with E-state index in [1.807, 2.05) is 0 Å². The zero-order valence-corrected chi connectivity index (χ0v) is 12.2. The summed E-state index contributed by atoms with van der Waals surface area (Å²) in [4.78, 5) is 14.4. The molecule has 0 unspecified atom stereocenters. The first-order chi connectivity index (χ1) is 7.86. The van der Waals surface area contributed by atoms with E-state index in [4.69, 9.17) is 18.0 Å². The minimum absolute atomic E-state index is 0.0995. The summed E-state index contributed by atoms with van der Waals surface area (Å²) in [6.07, 6.45) is 1.13. The van der Waals surface area contributed by atoms with E-state index in [2.05, 4.69) is 24.1 Å². The SMILES string of the molecule is CCCN(CC)CCNC(=O)C(C)(C)C(N)=S. The average molecular weight is 259 g/mol. The Kier molecular flexibility index (Phi) is 7.30. The minimum atomic E-state index is -0.767. The number of hydrogen-bond donors (Lipinski definition) is 2. The zero-order chi connectivity index (χ0) is 13.5. The van der Waals surface area contributed by atoms with Crippen molar-refractivity contribution in [2.24, 2.45) is 11.1 Å². The van der Waals surface area contributed by atoms with E-state index in [0.29, 0.717) is 6.54 Å². The molecule has 0 heterocycles. The van der Waals surface area contributed by atoms with Gasteiger partial charge in [-0.25, -0.2) is 0 Å².